The van der Waals surface area contributed by atoms with Gasteiger partial charge in [0, 0.05) is 0 Å². The number of carboxylic acids is 3. The summed E-state index contributed by atoms with van der Waals surface area (Å²) in [5, 5.41) is 41.5. The van der Waals surface area contributed by atoms with Crippen molar-refractivity contribution in [2.24, 2.45) is 11.5 Å². The molecule has 0 aromatic rings. The third-order valence-electron chi connectivity index (χ3n) is 3.58. The smallest absolute Gasteiger partial charge is 0.326 e. The first-order chi connectivity index (χ1) is 14.3. The van der Waals surface area contributed by atoms with Gasteiger partial charge in [0.05, 0.1) is 31.9 Å². The van der Waals surface area contributed by atoms with E-state index in [9.17, 15) is 38.7 Å². The van der Waals surface area contributed by atoms with E-state index in [1.54, 1.807) is 0 Å². The molecule has 0 aromatic heterocycles. The molecule has 0 saturated carbocycles. The summed E-state index contributed by atoms with van der Waals surface area (Å²) in [6.07, 6.45) is -2.59. The Hall–Kier alpha value is -3.79. The number of aliphatic hydroxyl groups excluding tert-OH is 1. The van der Waals surface area contributed by atoms with Crippen molar-refractivity contribution in [3.63, 3.8) is 0 Å². The third-order valence-corrected chi connectivity index (χ3v) is 3.58. The molecule has 0 aliphatic rings. The summed E-state index contributed by atoms with van der Waals surface area (Å²) < 4.78 is 0. The fourth-order valence-corrected chi connectivity index (χ4v) is 2.08. The van der Waals surface area contributed by atoms with E-state index >= 15 is 0 Å². The van der Waals surface area contributed by atoms with Crippen LogP contribution in [0.2, 0.25) is 0 Å². The Morgan fingerprint density at radius 1 is 0.677 bits per heavy atom. The van der Waals surface area contributed by atoms with Gasteiger partial charge in [-0.1, -0.05) is 0 Å². The zero-order chi connectivity index (χ0) is 24.3. The number of carboxylic acid groups (broad SMARTS) is 3. The number of primary amides is 1. The molecular formula is C15H23N5O11. The standard InChI is InChI=1S/C15H23N5O11/c16-5(1-10(23)24)12(27)18-6(3-11(25)26)13(28)20-8(4-21)14(29)19-7(15(30)31)2-9(17)22/h5-8,21H,1-4,16H2,(H2,17,22)(H,18,27)(H,19,29)(H,20,28)(H,23,24)(H,25,26)(H,30,31). The number of carbonyl (C=O) groups is 7. The molecular weight excluding hydrogens is 426 g/mol. The molecule has 16 heteroatoms. The van der Waals surface area contributed by atoms with Crippen molar-refractivity contribution in [1.82, 2.24) is 16.0 Å². The number of amides is 4. The maximum atomic E-state index is 12.3. The fourth-order valence-electron chi connectivity index (χ4n) is 2.08. The third kappa shape index (κ3) is 10.5. The molecule has 16 nitrogen and oxygen atoms in total. The van der Waals surface area contributed by atoms with E-state index in [0.717, 1.165) is 0 Å². The van der Waals surface area contributed by atoms with Gasteiger partial charge < -0.3 is 47.8 Å². The number of hydrogen-bond acceptors (Lipinski definition) is 9. The monoisotopic (exact) mass is 449 g/mol. The largest absolute Gasteiger partial charge is 0.481 e. The molecule has 4 unspecified atom stereocenters. The van der Waals surface area contributed by atoms with E-state index in [0.29, 0.717) is 0 Å². The fraction of sp³-hybridized carbons (Fsp3) is 0.533. The molecule has 0 radical (unpaired) electrons. The average Bonchev–Trinajstić information content (AvgIpc) is 2.63. The molecule has 0 aromatic carbocycles. The highest BCUT2D eigenvalue weighted by Crippen LogP contribution is 1.99. The molecule has 0 aliphatic heterocycles. The number of nitrogens with two attached hydrogens (primary N) is 2. The molecule has 11 N–H and O–H groups in total. The van der Waals surface area contributed by atoms with Crippen LogP contribution in [0.4, 0.5) is 0 Å². The molecule has 4 atom stereocenters. The van der Waals surface area contributed by atoms with Crippen LogP contribution in [-0.4, -0.2) is 92.7 Å². The highest BCUT2D eigenvalue weighted by atomic mass is 16.4. The average molecular weight is 449 g/mol. The summed E-state index contributed by atoms with van der Waals surface area (Å²) in [6.45, 7) is -1.06. The van der Waals surface area contributed by atoms with Crippen LogP contribution >= 0.6 is 0 Å². The molecule has 0 saturated heterocycles. The maximum Gasteiger partial charge on any atom is 0.326 e. The van der Waals surface area contributed by atoms with Crippen LogP contribution in [0.1, 0.15) is 19.3 Å². The SMILES string of the molecule is NC(=O)CC(NC(=O)C(CO)NC(=O)C(CC(=O)O)NC(=O)C(N)CC(=O)O)C(=O)O. The lowest BCUT2D eigenvalue weighted by Gasteiger charge is -2.23. The van der Waals surface area contributed by atoms with E-state index in [2.05, 4.69) is 0 Å². The Morgan fingerprint density at radius 2 is 1.13 bits per heavy atom. The van der Waals surface area contributed by atoms with Crippen LogP contribution in [0.15, 0.2) is 0 Å². The lowest BCUT2D eigenvalue weighted by Crippen LogP contribution is -2.58. The minimum atomic E-state index is -1.81. The predicted molar refractivity (Wildman–Crippen MR) is 96.8 cm³/mol. The first kappa shape index (κ1) is 27.2. The quantitative estimate of drug-likeness (QED) is 0.120. The van der Waals surface area contributed by atoms with Gasteiger partial charge in [-0.15, -0.1) is 0 Å². The second kappa shape index (κ2) is 12.7. The zero-order valence-electron chi connectivity index (χ0n) is 15.9. The van der Waals surface area contributed by atoms with Gasteiger partial charge in [0.1, 0.15) is 18.1 Å². The highest BCUT2D eigenvalue weighted by Gasteiger charge is 2.31. The summed E-state index contributed by atoms with van der Waals surface area (Å²) in [5.74, 6) is -9.34. The normalized spacial score (nSPS) is 14.3. The van der Waals surface area contributed by atoms with Gasteiger partial charge in [0.25, 0.3) is 0 Å². The molecule has 31 heavy (non-hydrogen) atoms. The summed E-state index contributed by atoms with van der Waals surface area (Å²) in [7, 11) is 0. The van der Waals surface area contributed by atoms with Crippen LogP contribution < -0.4 is 27.4 Å². The number of rotatable bonds is 14. The van der Waals surface area contributed by atoms with Gasteiger partial charge in [0.15, 0.2) is 0 Å². The highest BCUT2D eigenvalue weighted by molar-refractivity contribution is 5.96. The summed E-state index contributed by atoms with van der Waals surface area (Å²) in [4.78, 5) is 79.8. The van der Waals surface area contributed by atoms with Crippen molar-refractivity contribution >= 4 is 41.5 Å². The number of aliphatic carboxylic acids is 3. The minimum Gasteiger partial charge on any atom is -0.481 e. The maximum absolute atomic E-state index is 12.3. The molecule has 0 heterocycles. The van der Waals surface area contributed by atoms with Crippen molar-refractivity contribution in [2.75, 3.05) is 6.61 Å². The van der Waals surface area contributed by atoms with Crippen LogP contribution in [0.3, 0.4) is 0 Å². The van der Waals surface area contributed by atoms with Gasteiger partial charge in [-0.05, 0) is 0 Å². The van der Waals surface area contributed by atoms with Gasteiger partial charge in [-0.2, -0.15) is 0 Å². The van der Waals surface area contributed by atoms with Gasteiger partial charge in [-0.25, -0.2) is 4.79 Å². The molecule has 0 rings (SSSR count). The van der Waals surface area contributed by atoms with E-state index in [4.69, 9.17) is 26.8 Å². The second-order valence-electron chi connectivity index (χ2n) is 6.18. The van der Waals surface area contributed by atoms with E-state index in [-0.39, 0.29) is 0 Å². The topological polar surface area (TPSA) is 289 Å². The molecule has 0 spiro atoms. The molecule has 4 amide bonds. The number of nitrogens with one attached hydrogen (secondary N) is 3. The first-order valence-electron chi connectivity index (χ1n) is 8.50. The van der Waals surface area contributed by atoms with Gasteiger partial charge >= 0.3 is 17.9 Å². The second-order valence-corrected chi connectivity index (χ2v) is 6.18. The van der Waals surface area contributed by atoms with E-state index in [1.165, 1.54) is 0 Å². The van der Waals surface area contributed by atoms with Crippen molar-refractivity contribution in [1.29, 1.82) is 0 Å². The van der Waals surface area contributed by atoms with Gasteiger partial charge in [0.2, 0.25) is 23.6 Å². The minimum absolute atomic E-state index is 0.785. The Labute approximate surface area is 173 Å². The van der Waals surface area contributed by atoms with Crippen molar-refractivity contribution in [3.8, 4) is 0 Å². The van der Waals surface area contributed by atoms with Gasteiger partial charge in [-0.3, -0.25) is 28.8 Å². The first-order valence-corrected chi connectivity index (χ1v) is 8.50. The Kier molecular flexibility index (Phi) is 11.2. The number of hydrogen-bond donors (Lipinski definition) is 9. The predicted octanol–water partition coefficient (Wildman–Crippen LogP) is -5.33. The van der Waals surface area contributed by atoms with E-state index < -0.39 is 91.6 Å². The van der Waals surface area contributed by atoms with Crippen molar-refractivity contribution in [3.05, 3.63) is 0 Å². The number of aliphatic hydroxyl groups is 1. The van der Waals surface area contributed by atoms with Crippen molar-refractivity contribution < 1.29 is 54.0 Å². The molecule has 174 valence electrons. The molecule has 0 aliphatic carbocycles. The lowest BCUT2D eigenvalue weighted by molar-refractivity contribution is -0.144. The summed E-state index contributed by atoms with van der Waals surface area (Å²) in [6, 6.07) is -6.97. The van der Waals surface area contributed by atoms with Crippen LogP contribution in [0, 0.1) is 0 Å². The Balaban J connectivity index is 5.29. The summed E-state index contributed by atoms with van der Waals surface area (Å²) >= 11 is 0. The van der Waals surface area contributed by atoms with Crippen LogP contribution in [-0.2, 0) is 33.6 Å². The Morgan fingerprint density at radius 3 is 1.55 bits per heavy atom. The lowest BCUT2D eigenvalue weighted by atomic mass is 10.1. The molecule has 0 bridgehead atoms. The Bertz CT molecular complexity index is 741. The van der Waals surface area contributed by atoms with Crippen molar-refractivity contribution in [2.45, 2.75) is 43.4 Å². The van der Waals surface area contributed by atoms with Crippen LogP contribution in [0.25, 0.3) is 0 Å². The van der Waals surface area contributed by atoms with E-state index in [1.807, 2.05) is 16.0 Å². The zero-order valence-corrected chi connectivity index (χ0v) is 15.9. The molecule has 0 fully saturated rings. The van der Waals surface area contributed by atoms with Crippen LogP contribution in [0.5, 0.6) is 0 Å². The summed E-state index contributed by atoms with van der Waals surface area (Å²) in [5.41, 5.74) is 10.2. The number of carbonyl (C=O) groups excluding carboxylic acids is 4.